The van der Waals surface area contributed by atoms with Gasteiger partial charge in [0.25, 0.3) is 0 Å². The number of aromatic nitrogens is 4. The number of Topliss-reactive ketones (excluding diaryl/α,β-unsaturated/α-hetero) is 1. The molecule has 3 aromatic carbocycles. The fourth-order valence-corrected chi connectivity index (χ4v) is 5.10. The third-order valence-corrected chi connectivity index (χ3v) is 7.75. The molecule has 0 spiro atoms. The molecule has 0 bridgehead atoms. The number of rotatable bonds is 10. The Kier molecular flexibility index (Phi) is 9.59. The van der Waals surface area contributed by atoms with Crippen LogP contribution in [0.2, 0.25) is 5.02 Å². The molecule has 0 unspecified atom stereocenters. The Morgan fingerprint density at radius 1 is 0.896 bits per heavy atom. The molecule has 0 atom stereocenters. The largest absolute Gasteiger partial charge is 0.454 e. The van der Waals surface area contributed by atoms with Crippen LogP contribution >= 0.6 is 11.6 Å². The van der Waals surface area contributed by atoms with Gasteiger partial charge in [-0.3, -0.25) is 19.3 Å². The van der Waals surface area contributed by atoms with Crippen molar-refractivity contribution in [3.8, 4) is 22.6 Å². The zero-order valence-corrected chi connectivity index (χ0v) is 26.8. The van der Waals surface area contributed by atoms with Crippen LogP contribution in [-0.2, 0) is 6.42 Å². The summed E-state index contributed by atoms with van der Waals surface area (Å²) >= 11 is 6.74. The summed E-state index contributed by atoms with van der Waals surface area (Å²) in [5, 5.41) is 4.54. The maximum atomic E-state index is 13.5. The third kappa shape index (κ3) is 7.27. The average Bonchev–Trinajstić information content (AvgIpc) is 3.10. The second-order valence-corrected chi connectivity index (χ2v) is 11.5. The fourth-order valence-electron chi connectivity index (χ4n) is 4.91. The smallest absolute Gasteiger partial charge is 0.219 e. The van der Waals surface area contributed by atoms with Gasteiger partial charge in [-0.15, -0.1) is 0 Å². The molecule has 3 heterocycles. The molecule has 8 nitrogen and oxygen atoms in total. The number of carbonyl (C=O) groups is 1. The van der Waals surface area contributed by atoms with Crippen molar-refractivity contribution >= 4 is 28.9 Å². The number of carbonyl (C=O) groups excluding carboxylic acids is 1. The molecule has 0 aliphatic heterocycles. The number of hydrogen-bond acceptors (Lipinski definition) is 7. The Balaban J connectivity index is 1.23. The first kappa shape index (κ1) is 32.2. The molecule has 0 aliphatic carbocycles. The average molecular weight is 658 g/mol. The van der Waals surface area contributed by atoms with Gasteiger partial charge < -0.3 is 4.74 Å². The van der Waals surface area contributed by atoms with Gasteiger partial charge in [-0.25, -0.2) is 14.4 Å². The number of hydrogen-bond donors (Lipinski definition) is 0. The summed E-state index contributed by atoms with van der Waals surface area (Å²) in [7, 11) is 0. The van der Waals surface area contributed by atoms with Crippen LogP contribution in [0.15, 0.2) is 132 Å². The van der Waals surface area contributed by atoms with E-state index in [1.165, 1.54) is 30.5 Å². The van der Waals surface area contributed by atoms with Gasteiger partial charge in [0.1, 0.15) is 16.6 Å². The minimum Gasteiger partial charge on any atom is -0.454 e. The zero-order chi connectivity index (χ0) is 33.6. The molecular weight excluding hydrogens is 629 g/mol. The van der Waals surface area contributed by atoms with Crippen LogP contribution in [-0.4, -0.2) is 31.2 Å². The van der Waals surface area contributed by atoms with E-state index in [1.807, 2.05) is 74.5 Å². The number of ketones is 1. The predicted octanol–water partition coefficient (Wildman–Crippen LogP) is 8.46. The molecule has 10 heteroatoms. The molecule has 3 aromatic heterocycles. The van der Waals surface area contributed by atoms with Crippen molar-refractivity contribution < 1.29 is 13.9 Å². The van der Waals surface area contributed by atoms with Crippen molar-refractivity contribution in [2.75, 3.05) is 0 Å². The van der Waals surface area contributed by atoms with E-state index in [0.29, 0.717) is 28.5 Å². The van der Waals surface area contributed by atoms with Crippen molar-refractivity contribution in [3.63, 3.8) is 0 Å². The van der Waals surface area contributed by atoms with E-state index in [-0.39, 0.29) is 34.6 Å². The Labute approximate surface area is 281 Å². The Bertz CT molecular complexity index is 2110. The number of nitrogens with zero attached hydrogens (tertiary/aromatic N) is 5. The molecule has 6 rings (SSSR count). The highest BCUT2D eigenvalue weighted by Gasteiger charge is 2.20. The number of pyridine rings is 2. The normalized spacial score (nSPS) is 10.9. The SMILES string of the molecule is CC(C)n1cc(-c2ccc(F)cc2)c(=O)c(C(=O)Cc2ccc(Oc3ccnc(N=C(c4ccccc4)c4ccccc4)c3Cl)cn2)n1. The monoisotopic (exact) mass is 657 g/mol. The molecule has 0 aliphatic rings. The van der Waals surface area contributed by atoms with Crippen LogP contribution in [0.5, 0.6) is 11.5 Å². The summed E-state index contributed by atoms with van der Waals surface area (Å²) in [6, 6.07) is 29.8. The van der Waals surface area contributed by atoms with Gasteiger partial charge in [0.2, 0.25) is 5.43 Å². The van der Waals surface area contributed by atoms with E-state index in [1.54, 1.807) is 35.3 Å². The molecule has 48 heavy (non-hydrogen) atoms. The van der Waals surface area contributed by atoms with Crippen LogP contribution < -0.4 is 10.2 Å². The van der Waals surface area contributed by atoms with Gasteiger partial charge in [0.05, 0.1) is 18.3 Å². The highest BCUT2D eigenvalue weighted by molar-refractivity contribution is 6.34. The number of ether oxygens (including phenoxy) is 1. The molecule has 0 saturated carbocycles. The van der Waals surface area contributed by atoms with Gasteiger partial charge >= 0.3 is 0 Å². The molecule has 0 N–H and O–H groups in total. The lowest BCUT2D eigenvalue weighted by atomic mass is 10.0. The minimum atomic E-state index is -0.531. The second-order valence-electron chi connectivity index (χ2n) is 11.1. The summed E-state index contributed by atoms with van der Waals surface area (Å²) in [5.74, 6) is 0.0697. The minimum absolute atomic E-state index is 0.125. The zero-order valence-electron chi connectivity index (χ0n) is 26.0. The Morgan fingerprint density at radius 2 is 1.56 bits per heavy atom. The predicted molar refractivity (Wildman–Crippen MR) is 184 cm³/mol. The Hall–Kier alpha value is -5.80. The summed E-state index contributed by atoms with van der Waals surface area (Å²) in [6.07, 6.45) is 4.44. The standard InChI is InChI=1S/C38H29ClFN5O3/c1-24(2)45-23-31(25-13-15-28(40)16-14-25)37(47)36(44-45)32(46)21-29-17-18-30(22-42-29)48-33-19-20-41-38(34(33)39)43-35(26-9-5-3-6-10-26)27-11-7-4-8-12-27/h3-20,22-24H,21H2,1-2H3. The maximum Gasteiger partial charge on any atom is 0.219 e. The summed E-state index contributed by atoms with van der Waals surface area (Å²) in [6.45, 7) is 3.77. The van der Waals surface area contributed by atoms with E-state index >= 15 is 0 Å². The molecule has 0 amide bonds. The van der Waals surface area contributed by atoms with Gasteiger partial charge in [0, 0.05) is 46.9 Å². The van der Waals surface area contributed by atoms with Gasteiger partial charge in [-0.1, -0.05) is 84.4 Å². The Morgan fingerprint density at radius 3 is 2.17 bits per heavy atom. The molecule has 0 radical (unpaired) electrons. The van der Waals surface area contributed by atoms with Gasteiger partial charge in [0.15, 0.2) is 23.0 Å². The number of benzene rings is 3. The summed E-state index contributed by atoms with van der Waals surface area (Å²) in [5.41, 5.74) is 2.94. The van der Waals surface area contributed by atoms with Crippen LogP contribution in [0.4, 0.5) is 10.2 Å². The van der Waals surface area contributed by atoms with E-state index in [9.17, 15) is 14.0 Å². The van der Waals surface area contributed by atoms with Crippen molar-refractivity contribution in [1.29, 1.82) is 0 Å². The lowest BCUT2D eigenvalue weighted by Crippen LogP contribution is -2.25. The van der Waals surface area contributed by atoms with Crippen LogP contribution in [0, 0.1) is 5.82 Å². The van der Waals surface area contributed by atoms with Crippen LogP contribution in [0.25, 0.3) is 11.1 Å². The highest BCUT2D eigenvalue weighted by Crippen LogP contribution is 2.35. The second kappa shape index (κ2) is 14.3. The molecule has 238 valence electrons. The van der Waals surface area contributed by atoms with Gasteiger partial charge in [-0.05, 0) is 43.7 Å². The van der Waals surface area contributed by atoms with Crippen molar-refractivity contribution in [2.24, 2.45) is 4.99 Å². The fraction of sp³-hybridized carbons (Fsp3) is 0.105. The number of aliphatic imine (C=N–C) groups is 1. The highest BCUT2D eigenvalue weighted by atomic mass is 35.5. The van der Waals surface area contributed by atoms with Crippen LogP contribution in [0.1, 0.15) is 47.2 Å². The quantitative estimate of drug-likeness (QED) is 0.108. The van der Waals surface area contributed by atoms with E-state index in [0.717, 1.165) is 11.1 Å². The molecule has 6 aromatic rings. The summed E-state index contributed by atoms with van der Waals surface area (Å²) in [4.78, 5) is 40.3. The first-order chi connectivity index (χ1) is 23.3. The molecule has 0 saturated heterocycles. The maximum absolute atomic E-state index is 13.5. The molecular formula is C38H29ClFN5O3. The van der Waals surface area contributed by atoms with E-state index in [2.05, 4.69) is 15.1 Å². The first-order valence-corrected chi connectivity index (χ1v) is 15.5. The summed E-state index contributed by atoms with van der Waals surface area (Å²) < 4.78 is 21.1. The van der Waals surface area contributed by atoms with Gasteiger partial charge in [-0.2, -0.15) is 5.10 Å². The van der Waals surface area contributed by atoms with Crippen molar-refractivity contribution in [1.82, 2.24) is 19.7 Å². The van der Waals surface area contributed by atoms with Crippen molar-refractivity contribution in [3.05, 3.63) is 165 Å². The lowest BCUT2D eigenvalue weighted by Gasteiger charge is -2.13. The van der Waals surface area contributed by atoms with Crippen LogP contribution in [0.3, 0.4) is 0 Å². The van der Waals surface area contributed by atoms with Crippen molar-refractivity contribution in [2.45, 2.75) is 26.3 Å². The van der Waals surface area contributed by atoms with E-state index in [4.69, 9.17) is 21.3 Å². The lowest BCUT2D eigenvalue weighted by molar-refractivity contribution is 0.0983. The van der Waals surface area contributed by atoms with E-state index < -0.39 is 17.0 Å². The third-order valence-electron chi connectivity index (χ3n) is 7.40. The number of halogens is 2. The molecule has 0 fully saturated rings. The topological polar surface area (TPSA) is 99.3 Å². The first-order valence-electron chi connectivity index (χ1n) is 15.2.